The van der Waals surface area contributed by atoms with Crippen LogP contribution in [0.25, 0.3) is 11.1 Å². The first-order valence-electron chi connectivity index (χ1n) is 11.5. The second kappa shape index (κ2) is 9.22. The molecule has 0 N–H and O–H groups in total. The smallest absolute Gasteiger partial charge is 0.406 e. The van der Waals surface area contributed by atoms with Crippen molar-refractivity contribution in [3.8, 4) is 16.9 Å². The first-order chi connectivity index (χ1) is 14.8. The number of fused-ring (bicyclic) bond motifs is 1. The molecule has 0 aliphatic heterocycles. The number of alkyl halides is 3. The fourth-order valence-electron chi connectivity index (χ4n) is 5.82. The third kappa shape index (κ3) is 5.42. The molecule has 0 aromatic heterocycles. The number of ether oxygens (including phenoxy) is 1. The maximum absolute atomic E-state index is 14.9. The number of halogens is 4. The van der Waals surface area contributed by atoms with E-state index in [1.54, 1.807) is 12.1 Å². The second-order valence-electron chi connectivity index (χ2n) is 9.31. The van der Waals surface area contributed by atoms with E-state index in [9.17, 15) is 17.6 Å². The van der Waals surface area contributed by atoms with Crippen LogP contribution in [-0.4, -0.2) is 6.36 Å². The highest BCUT2D eigenvalue weighted by molar-refractivity contribution is 5.65. The molecule has 0 saturated heterocycles. The summed E-state index contributed by atoms with van der Waals surface area (Å²) in [5.41, 5.74) is 1.99. The fraction of sp³-hybridized carbons (Fsp3) is 0.538. The Bertz CT molecular complexity index is 874. The highest BCUT2D eigenvalue weighted by Gasteiger charge is 2.36. The first-order valence-corrected chi connectivity index (χ1v) is 11.5. The lowest BCUT2D eigenvalue weighted by Crippen LogP contribution is -2.30. The van der Waals surface area contributed by atoms with E-state index in [-0.39, 0.29) is 11.6 Å². The summed E-state index contributed by atoms with van der Waals surface area (Å²) < 4.78 is 55.8. The van der Waals surface area contributed by atoms with E-state index >= 15 is 0 Å². The van der Waals surface area contributed by atoms with Crippen LogP contribution >= 0.6 is 0 Å². The van der Waals surface area contributed by atoms with Crippen LogP contribution in [0.1, 0.15) is 69.8 Å². The topological polar surface area (TPSA) is 9.23 Å². The van der Waals surface area contributed by atoms with Crippen LogP contribution in [0.15, 0.2) is 42.5 Å². The van der Waals surface area contributed by atoms with Gasteiger partial charge in [0, 0.05) is 5.56 Å². The van der Waals surface area contributed by atoms with Gasteiger partial charge in [0.15, 0.2) is 0 Å². The summed E-state index contributed by atoms with van der Waals surface area (Å²) in [5, 5.41) is 0. The van der Waals surface area contributed by atoms with E-state index in [1.807, 2.05) is 6.07 Å². The van der Waals surface area contributed by atoms with Crippen molar-refractivity contribution in [3.05, 3.63) is 53.8 Å². The molecule has 168 valence electrons. The van der Waals surface area contributed by atoms with Crippen LogP contribution < -0.4 is 4.74 Å². The average Bonchev–Trinajstić information content (AvgIpc) is 2.73. The lowest BCUT2D eigenvalue weighted by atomic mass is 9.63. The largest absolute Gasteiger partial charge is 0.573 e. The van der Waals surface area contributed by atoms with Crippen molar-refractivity contribution in [2.75, 3.05) is 0 Å². The summed E-state index contributed by atoms with van der Waals surface area (Å²) in [5.74, 6) is 2.26. The predicted molar refractivity (Wildman–Crippen MR) is 114 cm³/mol. The van der Waals surface area contributed by atoms with E-state index in [4.69, 9.17) is 0 Å². The summed E-state index contributed by atoms with van der Waals surface area (Å²) in [7, 11) is 0. The third-order valence-electron chi connectivity index (χ3n) is 7.28. The van der Waals surface area contributed by atoms with Crippen LogP contribution in [0.3, 0.4) is 0 Å². The normalized spacial score (nSPS) is 26.4. The van der Waals surface area contributed by atoms with Gasteiger partial charge in [-0.25, -0.2) is 4.39 Å². The molecule has 1 nitrogen and oxygen atoms in total. The van der Waals surface area contributed by atoms with Crippen LogP contribution in [0.2, 0.25) is 0 Å². The van der Waals surface area contributed by atoms with Crippen molar-refractivity contribution in [1.29, 1.82) is 0 Å². The number of hydrogen-bond donors (Lipinski definition) is 0. The lowest BCUT2D eigenvalue weighted by molar-refractivity contribution is -0.274. The zero-order chi connectivity index (χ0) is 22.0. The molecule has 1 unspecified atom stereocenters. The van der Waals surface area contributed by atoms with Crippen molar-refractivity contribution in [2.24, 2.45) is 17.8 Å². The highest BCUT2D eigenvalue weighted by Crippen LogP contribution is 2.48. The molecule has 0 heterocycles. The fourth-order valence-corrected chi connectivity index (χ4v) is 5.82. The van der Waals surface area contributed by atoms with Crippen molar-refractivity contribution >= 4 is 0 Å². The van der Waals surface area contributed by atoms with Gasteiger partial charge >= 0.3 is 6.36 Å². The maximum atomic E-state index is 14.9. The van der Waals surface area contributed by atoms with Gasteiger partial charge in [-0.05, 0) is 85.1 Å². The molecule has 2 aliphatic rings. The van der Waals surface area contributed by atoms with Crippen molar-refractivity contribution in [3.63, 3.8) is 0 Å². The minimum atomic E-state index is -4.73. The molecule has 2 saturated carbocycles. The van der Waals surface area contributed by atoms with Gasteiger partial charge in [-0.15, -0.1) is 13.2 Å². The summed E-state index contributed by atoms with van der Waals surface area (Å²) in [6.45, 7) is 2.27. The van der Waals surface area contributed by atoms with Crippen molar-refractivity contribution in [2.45, 2.75) is 70.6 Å². The van der Waals surface area contributed by atoms with E-state index < -0.39 is 6.36 Å². The van der Waals surface area contributed by atoms with Crippen LogP contribution in [-0.2, 0) is 0 Å². The average molecular weight is 435 g/mol. The molecule has 31 heavy (non-hydrogen) atoms. The lowest BCUT2D eigenvalue weighted by Gasteiger charge is -2.42. The van der Waals surface area contributed by atoms with Crippen LogP contribution in [0.5, 0.6) is 5.75 Å². The van der Waals surface area contributed by atoms with Gasteiger partial charge in [-0.2, -0.15) is 0 Å². The van der Waals surface area contributed by atoms with Gasteiger partial charge < -0.3 is 4.74 Å². The van der Waals surface area contributed by atoms with Crippen molar-refractivity contribution in [1.82, 2.24) is 0 Å². The molecule has 4 rings (SSSR count). The van der Waals surface area contributed by atoms with Gasteiger partial charge in [0.1, 0.15) is 11.6 Å². The van der Waals surface area contributed by atoms with Gasteiger partial charge in [0.25, 0.3) is 0 Å². The zero-order valence-electron chi connectivity index (χ0n) is 17.9. The quantitative estimate of drug-likeness (QED) is 0.429. The Morgan fingerprint density at radius 1 is 0.903 bits per heavy atom. The Labute approximate surface area is 181 Å². The maximum Gasteiger partial charge on any atom is 0.573 e. The Balaban J connectivity index is 1.42. The molecular formula is C26H30F4O. The molecule has 2 aromatic rings. The molecular weight excluding hydrogens is 404 g/mol. The van der Waals surface area contributed by atoms with Crippen molar-refractivity contribution < 1.29 is 22.3 Å². The van der Waals surface area contributed by atoms with E-state index in [1.165, 1.54) is 62.8 Å². The molecule has 5 heteroatoms. The molecule has 2 aliphatic carbocycles. The molecule has 4 atom stereocenters. The summed E-state index contributed by atoms with van der Waals surface area (Å²) >= 11 is 0. The van der Waals surface area contributed by atoms with Crippen LogP contribution in [0.4, 0.5) is 17.6 Å². The SMILES string of the molecule is CCCC1CC[C@@H]2C[C@H](c3ccc(-c4ccc(OC(F)(F)F)cc4)c(F)c3)CC[C@@H]2C1. The van der Waals surface area contributed by atoms with Gasteiger partial charge in [-0.1, -0.05) is 50.5 Å². The molecule has 0 spiro atoms. The van der Waals surface area contributed by atoms with Crippen LogP contribution in [0, 0.1) is 23.6 Å². The Hall–Kier alpha value is -2.04. The highest BCUT2D eigenvalue weighted by atomic mass is 19.4. The minimum absolute atomic E-state index is 0.307. The Morgan fingerprint density at radius 3 is 2.29 bits per heavy atom. The monoisotopic (exact) mass is 434 g/mol. The molecule has 0 radical (unpaired) electrons. The van der Waals surface area contributed by atoms with Gasteiger partial charge in [-0.3, -0.25) is 0 Å². The van der Waals surface area contributed by atoms with Gasteiger partial charge in [0.05, 0.1) is 0 Å². The molecule has 2 aromatic carbocycles. The number of benzene rings is 2. The third-order valence-corrected chi connectivity index (χ3v) is 7.28. The summed E-state index contributed by atoms with van der Waals surface area (Å²) in [4.78, 5) is 0. The standard InChI is InChI=1S/C26H30F4O/c1-2-3-17-4-5-20-15-21(7-6-19(20)14-17)22-10-13-24(25(27)16-22)18-8-11-23(12-9-18)31-26(28,29)30/h8-13,16-17,19-21H,2-7,14-15H2,1H3/t17?,19-,20-,21-/m1/s1. The zero-order valence-corrected chi connectivity index (χ0v) is 17.9. The van der Waals surface area contributed by atoms with E-state index in [0.29, 0.717) is 17.0 Å². The second-order valence-corrected chi connectivity index (χ2v) is 9.31. The number of hydrogen-bond acceptors (Lipinski definition) is 1. The molecule has 2 fully saturated rings. The van der Waals surface area contributed by atoms with Gasteiger partial charge in [0.2, 0.25) is 0 Å². The first kappa shape index (κ1) is 22.2. The minimum Gasteiger partial charge on any atom is -0.406 e. The summed E-state index contributed by atoms with van der Waals surface area (Å²) in [6.07, 6.45) is 5.39. The Morgan fingerprint density at radius 2 is 1.61 bits per heavy atom. The predicted octanol–water partition coefficient (Wildman–Crippen LogP) is 8.49. The molecule has 0 bridgehead atoms. The van der Waals surface area contributed by atoms with E-state index in [2.05, 4.69) is 11.7 Å². The summed E-state index contributed by atoms with van der Waals surface area (Å²) in [6, 6.07) is 10.7. The Kier molecular flexibility index (Phi) is 6.59. The van der Waals surface area contributed by atoms with E-state index in [0.717, 1.165) is 36.2 Å². The number of rotatable bonds is 5. The molecule has 0 amide bonds.